The van der Waals surface area contributed by atoms with Crippen LogP contribution in [0, 0.1) is 0 Å². The molecular formula is C16H22N2O4. The lowest BCUT2D eigenvalue weighted by Crippen LogP contribution is -2.40. The molecular weight excluding hydrogens is 284 g/mol. The van der Waals surface area contributed by atoms with Gasteiger partial charge in [-0.2, -0.15) is 0 Å². The highest BCUT2D eigenvalue weighted by Crippen LogP contribution is 2.28. The Morgan fingerprint density at radius 3 is 2.55 bits per heavy atom. The summed E-state index contributed by atoms with van der Waals surface area (Å²) in [6.45, 7) is 7.82. The van der Waals surface area contributed by atoms with Gasteiger partial charge in [-0.25, -0.2) is 9.78 Å². The van der Waals surface area contributed by atoms with Crippen molar-refractivity contribution < 1.29 is 19.1 Å². The van der Waals surface area contributed by atoms with Gasteiger partial charge in [0, 0.05) is 25.1 Å². The number of nitrogens with zero attached hydrogens (tertiary/aromatic N) is 2. The van der Waals surface area contributed by atoms with Crippen LogP contribution >= 0.6 is 0 Å². The molecule has 2 rings (SSSR count). The molecule has 1 aliphatic rings. The van der Waals surface area contributed by atoms with Gasteiger partial charge in [-0.3, -0.25) is 4.79 Å². The van der Waals surface area contributed by atoms with Gasteiger partial charge in [0.25, 0.3) is 0 Å². The summed E-state index contributed by atoms with van der Waals surface area (Å²) in [6, 6.07) is 1.66. The van der Waals surface area contributed by atoms with Gasteiger partial charge in [-0.1, -0.05) is 0 Å². The summed E-state index contributed by atoms with van der Waals surface area (Å²) < 4.78 is 10.7. The lowest BCUT2D eigenvalue weighted by atomic mass is 10.0. The molecule has 2 heterocycles. The van der Waals surface area contributed by atoms with Crippen molar-refractivity contribution in [2.75, 3.05) is 13.7 Å². The van der Waals surface area contributed by atoms with Crippen molar-refractivity contribution in [2.24, 2.45) is 0 Å². The second-order valence-corrected chi connectivity index (χ2v) is 6.34. The standard InChI is InChI=1S/C16H22N2O4/c1-10(19)12-8-14(21-5)11-6-7-18(9-13(11)17-12)15(20)22-16(2,3)4/h8H,6-7,9H2,1-5H3. The Morgan fingerprint density at radius 2 is 2.00 bits per heavy atom. The number of carbonyl (C=O) groups is 2. The van der Waals surface area contributed by atoms with Crippen LogP contribution in [-0.2, 0) is 17.7 Å². The van der Waals surface area contributed by atoms with E-state index in [0.29, 0.717) is 36.6 Å². The summed E-state index contributed by atoms with van der Waals surface area (Å²) in [7, 11) is 1.57. The predicted molar refractivity (Wildman–Crippen MR) is 81.1 cm³/mol. The van der Waals surface area contributed by atoms with E-state index in [1.807, 2.05) is 20.8 Å². The molecule has 0 fully saturated rings. The lowest BCUT2D eigenvalue weighted by molar-refractivity contribution is 0.0220. The van der Waals surface area contributed by atoms with Crippen LogP contribution < -0.4 is 4.74 Å². The van der Waals surface area contributed by atoms with Gasteiger partial charge in [-0.15, -0.1) is 0 Å². The molecule has 6 heteroatoms. The van der Waals surface area contributed by atoms with Gasteiger partial charge in [-0.05, 0) is 27.2 Å². The summed E-state index contributed by atoms with van der Waals surface area (Å²) >= 11 is 0. The number of fused-ring (bicyclic) bond motifs is 1. The average Bonchev–Trinajstić information content (AvgIpc) is 2.43. The Bertz CT molecular complexity index is 605. The van der Waals surface area contributed by atoms with Crippen molar-refractivity contribution in [3.05, 3.63) is 23.0 Å². The Morgan fingerprint density at radius 1 is 1.32 bits per heavy atom. The van der Waals surface area contributed by atoms with Crippen LogP contribution in [0.2, 0.25) is 0 Å². The Hall–Kier alpha value is -2.11. The first-order valence-corrected chi connectivity index (χ1v) is 7.27. The molecule has 22 heavy (non-hydrogen) atoms. The smallest absolute Gasteiger partial charge is 0.410 e. The molecule has 1 amide bonds. The molecule has 1 aliphatic heterocycles. The molecule has 0 radical (unpaired) electrons. The zero-order valence-electron chi connectivity index (χ0n) is 13.7. The topological polar surface area (TPSA) is 68.7 Å². The van der Waals surface area contributed by atoms with E-state index in [-0.39, 0.29) is 11.9 Å². The number of ether oxygens (including phenoxy) is 2. The van der Waals surface area contributed by atoms with Gasteiger partial charge in [0.1, 0.15) is 17.0 Å². The molecule has 0 saturated heterocycles. The maximum Gasteiger partial charge on any atom is 0.410 e. The zero-order valence-corrected chi connectivity index (χ0v) is 13.7. The molecule has 1 aromatic rings. The van der Waals surface area contributed by atoms with E-state index in [0.717, 1.165) is 5.56 Å². The Labute approximate surface area is 130 Å². The van der Waals surface area contributed by atoms with Crippen molar-refractivity contribution in [2.45, 2.75) is 46.3 Å². The average molecular weight is 306 g/mol. The first-order chi connectivity index (χ1) is 10.2. The number of pyridine rings is 1. The molecule has 0 atom stereocenters. The van der Waals surface area contributed by atoms with Crippen molar-refractivity contribution >= 4 is 11.9 Å². The molecule has 0 aromatic carbocycles. The molecule has 0 saturated carbocycles. The number of amides is 1. The van der Waals surface area contributed by atoms with E-state index in [1.165, 1.54) is 6.92 Å². The molecule has 0 aliphatic carbocycles. The minimum atomic E-state index is -0.538. The molecule has 6 nitrogen and oxygen atoms in total. The number of ketones is 1. The first-order valence-electron chi connectivity index (χ1n) is 7.27. The molecule has 0 unspecified atom stereocenters. The third-order valence-electron chi connectivity index (χ3n) is 3.37. The van der Waals surface area contributed by atoms with Crippen LogP contribution in [0.25, 0.3) is 0 Å². The number of methoxy groups -OCH3 is 1. The van der Waals surface area contributed by atoms with Gasteiger partial charge < -0.3 is 14.4 Å². The fourth-order valence-corrected chi connectivity index (χ4v) is 2.35. The van der Waals surface area contributed by atoms with E-state index in [1.54, 1.807) is 18.1 Å². The van der Waals surface area contributed by atoms with Crippen LogP contribution in [-0.4, -0.2) is 41.0 Å². The second-order valence-electron chi connectivity index (χ2n) is 6.34. The van der Waals surface area contributed by atoms with Crippen molar-refractivity contribution in [3.63, 3.8) is 0 Å². The molecule has 120 valence electrons. The normalized spacial score (nSPS) is 14.3. The number of hydrogen-bond acceptors (Lipinski definition) is 5. The highest BCUT2D eigenvalue weighted by Gasteiger charge is 2.28. The summed E-state index contributed by atoms with van der Waals surface area (Å²) in [5.74, 6) is 0.523. The predicted octanol–water partition coefficient (Wildman–Crippen LogP) is 2.59. The van der Waals surface area contributed by atoms with Crippen LogP contribution in [0.1, 0.15) is 49.4 Å². The third-order valence-corrected chi connectivity index (χ3v) is 3.37. The minimum absolute atomic E-state index is 0.129. The van der Waals surface area contributed by atoms with E-state index in [2.05, 4.69) is 4.98 Å². The van der Waals surface area contributed by atoms with Crippen molar-refractivity contribution in [1.82, 2.24) is 9.88 Å². The van der Waals surface area contributed by atoms with Gasteiger partial charge in [0.05, 0.1) is 19.3 Å². The zero-order chi connectivity index (χ0) is 16.5. The van der Waals surface area contributed by atoms with Gasteiger partial charge in [0.2, 0.25) is 0 Å². The number of rotatable bonds is 2. The van der Waals surface area contributed by atoms with E-state index in [9.17, 15) is 9.59 Å². The van der Waals surface area contributed by atoms with Crippen LogP contribution in [0.3, 0.4) is 0 Å². The SMILES string of the molecule is COc1cc(C(C)=O)nc2c1CCN(C(=O)OC(C)(C)C)C2. The molecule has 0 N–H and O–H groups in total. The van der Waals surface area contributed by atoms with E-state index in [4.69, 9.17) is 9.47 Å². The van der Waals surface area contributed by atoms with Crippen molar-refractivity contribution in [3.8, 4) is 5.75 Å². The van der Waals surface area contributed by atoms with Crippen LogP contribution in [0.15, 0.2) is 6.07 Å². The highest BCUT2D eigenvalue weighted by atomic mass is 16.6. The maximum absolute atomic E-state index is 12.2. The molecule has 0 spiro atoms. The van der Waals surface area contributed by atoms with Gasteiger partial charge >= 0.3 is 6.09 Å². The second kappa shape index (κ2) is 5.94. The van der Waals surface area contributed by atoms with Crippen LogP contribution in [0.5, 0.6) is 5.75 Å². The number of hydrogen-bond donors (Lipinski definition) is 0. The number of Topliss-reactive ketones (excluding diaryl/α,β-unsaturated/α-hetero) is 1. The Balaban J connectivity index is 2.27. The monoisotopic (exact) mass is 306 g/mol. The minimum Gasteiger partial charge on any atom is -0.496 e. The fraction of sp³-hybridized carbons (Fsp3) is 0.562. The quantitative estimate of drug-likeness (QED) is 0.786. The third kappa shape index (κ3) is 3.55. The maximum atomic E-state index is 12.2. The van der Waals surface area contributed by atoms with E-state index < -0.39 is 5.60 Å². The fourth-order valence-electron chi connectivity index (χ4n) is 2.35. The molecule has 0 bridgehead atoms. The highest BCUT2D eigenvalue weighted by molar-refractivity contribution is 5.92. The summed E-state index contributed by atoms with van der Waals surface area (Å²) in [5, 5.41) is 0. The van der Waals surface area contributed by atoms with E-state index >= 15 is 0 Å². The van der Waals surface area contributed by atoms with Crippen LogP contribution in [0.4, 0.5) is 4.79 Å². The lowest BCUT2D eigenvalue weighted by Gasteiger charge is -2.31. The number of carbonyl (C=O) groups excluding carboxylic acids is 2. The summed E-state index contributed by atoms with van der Waals surface area (Å²) in [4.78, 5) is 29.7. The summed E-state index contributed by atoms with van der Waals surface area (Å²) in [6.07, 6.45) is 0.260. The largest absolute Gasteiger partial charge is 0.496 e. The number of aromatic nitrogens is 1. The first kappa shape index (κ1) is 16.3. The Kier molecular flexibility index (Phi) is 4.39. The van der Waals surface area contributed by atoms with Crippen molar-refractivity contribution in [1.29, 1.82) is 0 Å². The van der Waals surface area contributed by atoms with Gasteiger partial charge in [0.15, 0.2) is 5.78 Å². The summed E-state index contributed by atoms with van der Waals surface area (Å²) in [5.41, 5.74) is 1.46. The molecule has 1 aromatic heterocycles.